The Labute approximate surface area is 96.4 Å². The van der Waals surface area contributed by atoms with Crippen molar-refractivity contribution in [3.63, 3.8) is 0 Å². The Hall–Kier alpha value is -0.235. The summed E-state index contributed by atoms with van der Waals surface area (Å²) in [5.74, 6) is 2.87. The Morgan fingerprint density at radius 1 is 1.20 bits per heavy atom. The Balaban J connectivity index is 4.05. The molecule has 0 aliphatic rings. The van der Waals surface area contributed by atoms with Gasteiger partial charge in [0.1, 0.15) is 0 Å². The zero-order valence-electron chi connectivity index (χ0n) is 11.1. The molecule has 0 saturated carbocycles. The monoisotopic (exact) mass is 210 g/mol. The van der Waals surface area contributed by atoms with Crippen LogP contribution < -0.4 is 0 Å². The van der Waals surface area contributed by atoms with Gasteiger partial charge in [0.15, 0.2) is 0 Å². The highest BCUT2D eigenvalue weighted by molar-refractivity contribution is 6.59. The zero-order valence-corrected chi connectivity index (χ0v) is 11.1. The normalized spacial score (nSPS) is 13.7. The molecule has 1 atom stereocenters. The van der Waals surface area contributed by atoms with Crippen molar-refractivity contribution in [2.24, 2.45) is 0 Å². The molecular formula is C13H27BO. The Morgan fingerprint density at radius 3 is 2.33 bits per heavy atom. The van der Waals surface area contributed by atoms with Gasteiger partial charge in [-0.15, -0.1) is 0 Å². The molecule has 0 aliphatic heterocycles. The average Bonchev–Trinajstić information content (AvgIpc) is 2.21. The molecule has 0 aromatic rings. The number of hydrogen-bond donors (Lipinski definition) is 0. The fraction of sp³-hybridized carbons (Fsp3) is 0.846. The second-order valence-corrected chi connectivity index (χ2v) is 4.61. The van der Waals surface area contributed by atoms with Crippen molar-refractivity contribution >= 4 is 6.92 Å². The van der Waals surface area contributed by atoms with Crippen LogP contribution in [-0.2, 0) is 4.65 Å². The number of hydrogen-bond acceptors (Lipinski definition) is 1. The SMILES string of the molecule is CCCC/C=C/B(OC(C)C)[C@H](C)CC. The molecular weight excluding hydrogens is 183 g/mol. The van der Waals surface area contributed by atoms with Crippen molar-refractivity contribution in [1.29, 1.82) is 0 Å². The van der Waals surface area contributed by atoms with Gasteiger partial charge in [-0.25, -0.2) is 0 Å². The summed E-state index contributed by atoms with van der Waals surface area (Å²) in [5.41, 5.74) is 0. The third kappa shape index (κ3) is 7.67. The maximum absolute atomic E-state index is 5.90. The summed E-state index contributed by atoms with van der Waals surface area (Å²) in [6.45, 7) is 11.2. The lowest BCUT2D eigenvalue weighted by Gasteiger charge is -2.19. The number of rotatable bonds is 8. The van der Waals surface area contributed by atoms with E-state index in [2.05, 4.69) is 46.7 Å². The van der Waals surface area contributed by atoms with E-state index in [1.54, 1.807) is 0 Å². The summed E-state index contributed by atoms with van der Waals surface area (Å²) in [7, 11) is 0. The lowest BCUT2D eigenvalue weighted by molar-refractivity contribution is 0.241. The molecule has 0 aromatic carbocycles. The van der Waals surface area contributed by atoms with Crippen LogP contribution in [0, 0.1) is 0 Å². The summed E-state index contributed by atoms with van der Waals surface area (Å²) >= 11 is 0. The van der Waals surface area contributed by atoms with Crippen molar-refractivity contribution in [1.82, 2.24) is 0 Å². The van der Waals surface area contributed by atoms with Crippen LogP contribution in [0.3, 0.4) is 0 Å². The van der Waals surface area contributed by atoms with Crippen molar-refractivity contribution < 1.29 is 4.65 Å². The van der Waals surface area contributed by atoms with Crippen LogP contribution in [0.2, 0.25) is 5.82 Å². The predicted molar refractivity (Wildman–Crippen MR) is 70.4 cm³/mol. The highest BCUT2D eigenvalue weighted by Crippen LogP contribution is 2.17. The minimum Gasteiger partial charge on any atom is -0.429 e. The number of allylic oxidation sites excluding steroid dienone is 1. The molecule has 0 heterocycles. The minimum atomic E-state index is 0.298. The molecule has 0 bridgehead atoms. The summed E-state index contributed by atoms with van der Waals surface area (Å²) in [5, 5.41) is 0. The smallest absolute Gasteiger partial charge is 0.322 e. The molecule has 88 valence electrons. The first-order valence-corrected chi connectivity index (χ1v) is 6.43. The van der Waals surface area contributed by atoms with Gasteiger partial charge in [0.05, 0.1) is 0 Å². The van der Waals surface area contributed by atoms with E-state index in [0.29, 0.717) is 18.8 Å². The van der Waals surface area contributed by atoms with Gasteiger partial charge in [0.25, 0.3) is 0 Å². The summed E-state index contributed by atoms with van der Waals surface area (Å²) < 4.78 is 5.90. The van der Waals surface area contributed by atoms with Crippen molar-refractivity contribution in [3.05, 3.63) is 12.1 Å². The largest absolute Gasteiger partial charge is 0.429 e. The second kappa shape index (κ2) is 9.02. The maximum atomic E-state index is 5.90. The van der Waals surface area contributed by atoms with Crippen LogP contribution in [0.4, 0.5) is 0 Å². The van der Waals surface area contributed by atoms with Crippen LogP contribution in [0.1, 0.15) is 60.3 Å². The van der Waals surface area contributed by atoms with Crippen LogP contribution in [0.5, 0.6) is 0 Å². The summed E-state index contributed by atoms with van der Waals surface area (Å²) in [4.78, 5) is 0. The van der Waals surface area contributed by atoms with Gasteiger partial charge < -0.3 is 4.65 Å². The van der Waals surface area contributed by atoms with Gasteiger partial charge >= 0.3 is 6.92 Å². The Bertz CT molecular complexity index is 166. The molecule has 0 aromatic heterocycles. The van der Waals surface area contributed by atoms with Gasteiger partial charge in [-0.2, -0.15) is 0 Å². The molecule has 2 heteroatoms. The van der Waals surface area contributed by atoms with E-state index in [4.69, 9.17) is 4.65 Å². The van der Waals surface area contributed by atoms with E-state index in [0.717, 1.165) is 0 Å². The topological polar surface area (TPSA) is 9.23 Å². The fourth-order valence-corrected chi connectivity index (χ4v) is 1.47. The first-order valence-electron chi connectivity index (χ1n) is 6.43. The average molecular weight is 210 g/mol. The molecule has 0 fully saturated rings. The third-order valence-electron chi connectivity index (χ3n) is 2.68. The molecule has 0 N–H and O–H groups in total. The van der Waals surface area contributed by atoms with Gasteiger partial charge in [-0.3, -0.25) is 0 Å². The van der Waals surface area contributed by atoms with Crippen LogP contribution in [0.15, 0.2) is 12.1 Å². The lowest BCUT2D eigenvalue weighted by atomic mass is 9.55. The van der Waals surface area contributed by atoms with Crippen molar-refractivity contribution in [3.8, 4) is 0 Å². The van der Waals surface area contributed by atoms with E-state index in [1.165, 1.54) is 25.7 Å². The lowest BCUT2D eigenvalue weighted by Crippen LogP contribution is -2.24. The van der Waals surface area contributed by atoms with E-state index in [1.807, 2.05) is 0 Å². The zero-order chi connectivity index (χ0) is 11.7. The maximum Gasteiger partial charge on any atom is 0.322 e. The van der Waals surface area contributed by atoms with E-state index >= 15 is 0 Å². The Kier molecular flexibility index (Phi) is 8.88. The van der Waals surface area contributed by atoms with Gasteiger partial charge in [0, 0.05) is 6.10 Å². The molecule has 1 nitrogen and oxygen atoms in total. The molecule has 0 spiro atoms. The van der Waals surface area contributed by atoms with Crippen molar-refractivity contribution in [2.75, 3.05) is 0 Å². The molecule has 0 amide bonds. The first kappa shape index (κ1) is 14.8. The van der Waals surface area contributed by atoms with E-state index in [9.17, 15) is 0 Å². The second-order valence-electron chi connectivity index (χ2n) is 4.61. The highest BCUT2D eigenvalue weighted by atomic mass is 16.4. The fourth-order valence-electron chi connectivity index (χ4n) is 1.47. The van der Waals surface area contributed by atoms with E-state index in [-0.39, 0.29) is 0 Å². The van der Waals surface area contributed by atoms with Crippen LogP contribution in [0.25, 0.3) is 0 Å². The van der Waals surface area contributed by atoms with Gasteiger partial charge in [-0.05, 0) is 26.1 Å². The third-order valence-corrected chi connectivity index (χ3v) is 2.68. The molecule has 0 rings (SSSR count). The van der Waals surface area contributed by atoms with Crippen LogP contribution in [-0.4, -0.2) is 13.0 Å². The van der Waals surface area contributed by atoms with Crippen molar-refractivity contribution in [2.45, 2.75) is 72.2 Å². The highest BCUT2D eigenvalue weighted by Gasteiger charge is 2.20. The van der Waals surface area contributed by atoms with Crippen LogP contribution >= 0.6 is 0 Å². The first-order chi connectivity index (χ1) is 7.11. The Morgan fingerprint density at radius 2 is 1.87 bits per heavy atom. The van der Waals surface area contributed by atoms with Gasteiger partial charge in [-0.1, -0.05) is 52.1 Å². The summed E-state index contributed by atoms with van der Waals surface area (Å²) in [6.07, 6.45) is 7.51. The minimum absolute atomic E-state index is 0.298. The molecule has 0 saturated heterocycles. The molecule has 0 aliphatic carbocycles. The molecule has 0 unspecified atom stereocenters. The predicted octanol–water partition coefficient (Wildman–Crippen LogP) is 4.49. The molecule has 15 heavy (non-hydrogen) atoms. The van der Waals surface area contributed by atoms with Gasteiger partial charge in [0.2, 0.25) is 0 Å². The number of unbranched alkanes of at least 4 members (excludes halogenated alkanes) is 2. The quantitative estimate of drug-likeness (QED) is 0.423. The summed E-state index contributed by atoms with van der Waals surface area (Å²) in [6, 6.07) is 0. The van der Waals surface area contributed by atoms with E-state index < -0.39 is 0 Å². The standard InChI is InChI=1S/C13H27BO/c1-6-8-9-10-11-14(13(5)7-2)15-12(3)4/h10-13H,6-9H2,1-5H3/b11-10+/t13-/m1/s1. The molecule has 0 radical (unpaired) electrons.